The highest BCUT2D eigenvalue weighted by atomic mass is 32.1. The molecule has 2 aromatic carbocycles. The number of aromatic nitrogens is 1. The number of hydrogen-bond donors (Lipinski definition) is 1. The summed E-state index contributed by atoms with van der Waals surface area (Å²) >= 11 is 1.41. The third-order valence-electron chi connectivity index (χ3n) is 4.27. The topological polar surface area (TPSA) is 60.5 Å². The van der Waals surface area contributed by atoms with Crippen LogP contribution in [0.5, 0.6) is 11.5 Å². The summed E-state index contributed by atoms with van der Waals surface area (Å²) < 4.78 is 11.7. The summed E-state index contributed by atoms with van der Waals surface area (Å²) in [4.78, 5) is 16.5. The number of nitrogens with zero attached hydrogens (tertiary/aromatic N) is 1. The Morgan fingerprint density at radius 1 is 1.19 bits per heavy atom. The molecule has 1 aromatic heterocycles. The lowest BCUT2D eigenvalue weighted by atomic mass is 9.99. The monoisotopic (exact) mass is 370 g/mol. The predicted octanol–water partition coefficient (Wildman–Crippen LogP) is 4.84. The van der Waals surface area contributed by atoms with Crippen molar-refractivity contribution in [3.8, 4) is 11.5 Å². The smallest absolute Gasteiger partial charge is 0.264 e. The third kappa shape index (κ3) is 4.32. The first kappa shape index (κ1) is 18.2. The van der Waals surface area contributed by atoms with Gasteiger partial charge in [-0.05, 0) is 48.2 Å². The first-order chi connectivity index (χ1) is 12.6. The van der Waals surface area contributed by atoms with Gasteiger partial charge in [0.1, 0.15) is 11.5 Å². The van der Waals surface area contributed by atoms with E-state index in [0.29, 0.717) is 16.8 Å². The molecule has 1 amide bonds. The lowest BCUT2D eigenvalue weighted by molar-refractivity contribution is -0.118. The Morgan fingerprint density at radius 2 is 1.92 bits per heavy atom. The lowest BCUT2D eigenvalue weighted by Gasteiger charge is -2.10. The number of methoxy groups -OCH3 is 1. The van der Waals surface area contributed by atoms with Crippen LogP contribution in [0, 0.1) is 0 Å². The molecule has 0 radical (unpaired) electrons. The van der Waals surface area contributed by atoms with Gasteiger partial charge in [-0.15, -0.1) is 0 Å². The van der Waals surface area contributed by atoms with Crippen molar-refractivity contribution in [3.63, 3.8) is 0 Å². The van der Waals surface area contributed by atoms with Crippen molar-refractivity contribution in [2.75, 3.05) is 19.0 Å². The number of rotatable bonds is 7. The Bertz CT molecular complexity index is 890. The van der Waals surface area contributed by atoms with Crippen molar-refractivity contribution in [2.45, 2.75) is 26.2 Å². The maximum absolute atomic E-state index is 12.1. The Hall–Kier alpha value is -2.60. The molecule has 26 heavy (non-hydrogen) atoms. The maximum atomic E-state index is 12.1. The highest BCUT2D eigenvalue weighted by molar-refractivity contribution is 7.22. The number of ether oxygens (including phenoxy) is 2. The van der Waals surface area contributed by atoms with E-state index < -0.39 is 0 Å². The zero-order chi connectivity index (χ0) is 18.5. The standard InChI is InChI=1S/C20H22N2O3S/c1-4-13(2)14-5-7-15(8-6-14)25-12-19(23)22-20-21-17-10-9-16(24-3)11-18(17)26-20/h5-11,13H,4,12H2,1-3H3,(H,21,22,23). The van der Waals surface area contributed by atoms with E-state index in [1.54, 1.807) is 7.11 Å². The summed E-state index contributed by atoms with van der Waals surface area (Å²) in [5.41, 5.74) is 2.10. The molecular weight excluding hydrogens is 348 g/mol. The molecule has 0 aliphatic carbocycles. The van der Waals surface area contributed by atoms with Gasteiger partial charge in [0.25, 0.3) is 5.91 Å². The number of hydrogen-bond acceptors (Lipinski definition) is 5. The molecular formula is C20H22N2O3S. The summed E-state index contributed by atoms with van der Waals surface area (Å²) in [5, 5.41) is 3.33. The zero-order valence-electron chi connectivity index (χ0n) is 15.1. The van der Waals surface area contributed by atoms with E-state index in [1.807, 2.05) is 42.5 Å². The molecule has 136 valence electrons. The molecule has 6 heteroatoms. The SMILES string of the molecule is CCC(C)c1ccc(OCC(=O)Nc2nc3ccc(OC)cc3s2)cc1. The Labute approximate surface area is 157 Å². The van der Waals surface area contributed by atoms with Gasteiger partial charge in [0.2, 0.25) is 0 Å². The average molecular weight is 370 g/mol. The predicted molar refractivity (Wildman–Crippen MR) is 105 cm³/mol. The second-order valence-electron chi connectivity index (χ2n) is 6.07. The molecule has 0 saturated carbocycles. The number of carbonyl (C=O) groups is 1. The number of anilines is 1. The van der Waals surface area contributed by atoms with Crippen molar-refractivity contribution in [1.29, 1.82) is 0 Å². The zero-order valence-corrected chi connectivity index (χ0v) is 15.9. The van der Waals surface area contributed by atoms with Gasteiger partial charge >= 0.3 is 0 Å². The van der Waals surface area contributed by atoms with Gasteiger partial charge in [0.05, 0.1) is 17.3 Å². The summed E-state index contributed by atoms with van der Waals surface area (Å²) in [6, 6.07) is 13.5. The van der Waals surface area contributed by atoms with E-state index in [-0.39, 0.29) is 12.5 Å². The fourth-order valence-electron chi connectivity index (χ4n) is 2.52. The second kappa shape index (κ2) is 8.19. The highest BCUT2D eigenvalue weighted by Crippen LogP contribution is 2.29. The van der Waals surface area contributed by atoms with Crippen molar-refractivity contribution in [2.24, 2.45) is 0 Å². The number of benzene rings is 2. The van der Waals surface area contributed by atoms with Crippen LogP contribution in [0.3, 0.4) is 0 Å². The van der Waals surface area contributed by atoms with Gasteiger partial charge in [0, 0.05) is 0 Å². The van der Waals surface area contributed by atoms with Crippen LogP contribution in [0.1, 0.15) is 31.7 Å². The molecule has 3 rings (SSSR count). The van der Waals surface area contributed by atoms with Gasteiger partial charge in [-0.2, -0.15) is 0 Å². The van der Waals surface area contributed by atoms with Crippen LogP contribution in [-0.2, 0) is 4.79 Å². The fraction of sp³-hybridized carbons (Fsp3) is 0.300. The molecule has 3 aromatic rings. The summed E-state index contributed by atoms with van der Waals surface area (Å²) in [6.45, 7) is 4.30. The molecule has 0 bridgehead atoms. The average Bonchev–Trinajstić information content (AvgIpc) is 3.07. The van der Waals surface area contributed by atoms with Crippen LogP contribution in [0.4, 0.5) is 5.13 Å². The van der Waals surface area contributed by atoms with E-state index >= 15 is 0 Å². The molecule has 1 heterocycles. The van der Waals surface area contributed by atoms with Gasteiger partial charge < -0.3 is 9.47 Å². The van der Waals surface area contributed by atoms with Crippen LogP contribution in [0.25, 0.3) is 10.2 Å². The number of amides is 1. The van der Waals surface area contributed by atoms with Crippen molar-refractivity contribution >= 4 is 32.6 Å². The second-order valence-corrected chi connectivity index (χ2v) is 7.10. The van der Waals surface area contributed by atoms with Crippen LogP contribution in [0.15, 0.2) is 42.5 Å². The molecule has 0 spiro atoms. The fourth-order valence-corrected chi connectivity index (χ4v) is 3.43. The first-order valence-electron chi connectivity index (χ1n) is 8.56. The molecule has 1 N–H and O–H groups in total. The van der Waals surface area contributed by atoms with Gasteiger partial charge in [-0.3, -0.25) is 10.1 Å². The summed E-state index contributed by atoms with van der Waals surface area (Å²) in [7, 11) is 1.62. The Balaban J connectivity index is 1.57. The van der Waals surface area contributed by atoms with Crippen LogP contribution in [-0.4, -0.2) is 24.6 Å². The largest absolute Gasteiger partial charge is 0.497 e. The minimum Gasteiger partial charge on any atom is -0.497 e. The van der Waals surface area contributed by atoms with Crippen molar-refractivity contribution < 1.29 is 14.3 Å². The summed E-state index contributed by atoms with van der Waals surface area (Å²) in [5.74, 6) is 1.73. The van der Waals surface area contributed by atoms with E-state index in [0.717, 1.165) is 22.4 Å². The number of thiazole rings is 1. The Morgan fingerprint density at radius 3 is 2.62 bits per heavy atom. The van der Waals surface area contributed by atoms with E-state index in [9.17, 15) is 4.79 Å². The molecule has 0 saturated heterocycles. The van der Waals surface area contributed by atoms with Gasteiger partial charge in [0.15, 0.2) is 11.7 Å². The van der Waals surface area contributed by atoms with Crippen molar-refractivity contribution in [3.05, 3.63) is 48.0 Å². The quantitative estimate of drug-likeness (QED) is 0.647. The third-order valence-corrected chi connectivity index (χ3v) is 5.21. The van der Waals surface area contributed by atoms with Crippen LogP contribution < -0.4 is 14.8 Å². The molecule has 1 atom stereocenters. The number of carbonyl (C=O) groups excluding carboxylic acids is 1. The normalized spacial score (nSPS) is 12.0. The maximum Gasteiger partial charge on any atom is 0.264 e. The van der Waals surface area contributed by atoms with Gasteiger partial charge in [-0.1, -0.05) is 37.3 Å². The van der Waals surface area contributed by atoms with Crippen LogP contribution >= 0.6 is 11.3 Å². The summed E-state index contributed by atoms with van der Waals surface area (Å²) in [6.07, 6.45) is 1.09. The molecule has 0 aliphatic heterocycles. The van der Waals surface area contributed by atoms with Crippen LogP contribution in [0.2, 0.25) is 0 Å². The molecule has 0 fully saturated rings. The minimum atomic E-state index is -0.234. The van der Waals surface area contributed by atoms with E-state index in [1.165, 1.54) is 16.9 Å². The first-order valence-corrected chi connectivity index (χ1v) is 9.38. The Kier molecular flexibility index (Phi) is 5.73. The molecule has 0 aliphatic rings. The van der Waals surface area contributed by atoms with Crippen molar-refractivity contribution in [1.82, 2.24) is 4.98 Å². The van der Waals surface area contributed by atoms with Gasteiger partial charge in [-0.25, -0.2) is 4.98 Å². The minimum absolute atomic E-state index is 0.0536. The van der Waals surface area contributed by atoms with E-state index in [4.69, 9.17) is 9.47 Å². The molecule has 1 unspecified atom stereocenters. The highest BCUT2D eigenvalue weighted by Gasteiger charge is 2.10. The number of fused-ring (bicyclic) bond motifs is 1. The van der Waals surface area contributed by atoms with E-state index in [2.05, 4.69) is 24.1 Å². The lowest BCUT2D eigenvalue weighted by Crippen LogP contribution is -2.20. The molecule has 5 nitrogen and oxygen atoms in total. The number of nitrogens with one attached hydrogen (secondary N) is 1.